The van der Waals surface area contributed by atoms with Gasteiger partial charge in [0.2, 0.25) is 0 Å². The number of piperidine rings is 1. The summed E-state index contributed by atoms with van der Waals surface area (Å²) in [4.78, 5) is 2.25. The molecule has 1 fully saturated rings. The molecule has 0 aliphatic carbocycles. The first-order valence-corrected chi connectivity index (χ1v) is 5.85. The van der Waals surface area contributed by atoms with E-state index in [1.807, 2.05) is 6.07 Å². The molecule has 1 aliphatic heterocycles. The van der Waals surface area contributed by atoms with Crippen molar-refractivity contribution in [2.45, 2.75) is 25.4 Å². The number of nitrogens with two attached hydrogens (primary N) is 1. The van der Waals surface area contributed by atoms with Gasteiger partial charge in [-0.3, -0.25) is 4.90 Å². The summed E-state index contributed by atoms with van der Waals surface area (Å²) in [7, 11) is 0. The molecule has 0 bridgehead atoms. The largest absolute Gasteiger partial charge is 0.327 e. The Balaban J connectivity index is 2.06. The van der Waals surface area contributed by atoms with Gasteiger partial charge in [-0.25, -0.2) is 4.39 Å². The van der Waals surface area contributed by atoms with Gasteiger partial charge in [-0.15, -0.1) is 0 Å². The number of likely N-dealkylation sites (tertiary alicyclic amines) is 1. The highest BCUT2D eigenvalue weighted by Crippen LogP contribution is 2.15. The second-order valence-electron chi connectivity index (χ2n) is 4.56. The fourth-order valence-electron chi connectivity index (χ4n) is 2.25. The number of halogens is 1. The highest BCUT2D eigenvalue weighted by Gasteiger charge is 2.16. The zero-order valence-corrected chi connectivity index (χ0v) is 9.69. The van der Waals surface area contributed by atoms with Gasteiger partial charge >= 0.3 is 0 Å². The average molecular weight is 233 g/mol. The zero-order valence-electron chi connectivity index (χ0n) is 9.69. The second-order valence-corrected chi connectivity index (χ2v) is 4.56. The van der Waals surface area contributed by atoms with E-state index in [9.17, 15) is 4.39 Å². The molecule has 4 heteroatoms. The summed E-state index contributed by atoms with van der Waals surface area (Å²) in [5.74, 6) is -0.452. The van der Waals surface area contributed by atoms with E-state index in [1.165, 1.54) is 6.07 Å². The predicted molar refractivity (Wildman–Crippen MR) is 63.6 cm³/mol. The molecular weight excluding hydrogens is 217 g/mol. The minimum absolute atomic E-state index is 0.115. The predicted octanol–water partition coefficient (Wildman–Crippen LogP) is 1.62. The van der Waals surface area contributed by atoms with Crippen LogP contribution in [0.1, 0.15) is 24.0 Å². The quantitative estimate of drug-likeness (QED) is 0.844. The van der Waals surface area contributed by atoms with Crippen molar-refractivity contribution in [3.05, 3.63) is 35.1 Å². The lowest BCUT2D eigenvalue weighted by Gasteiger charge is -2.30. The highest BCUT2D eigenvalue weighted by atomic mass is 19.1. The highest BCUT2D eigenvalue weighted by molar-refractivity contribution is 5.34. The lowest BCUT2D eigenvalue weighted by atomic mass is 10.0. The number of benzene rings is 1. The molecule has 17 heavy (non-hydrogen) atoms. The van der Waals surface area contributed by atoms with Gasteiger partial charge in [-0.2, -0.15) is 5.26 Å². The van der Waals surface area contributed by atoms with Crippen LogP contribution in [0.25, 0.3) is 0 Å². The van der Waals surface area contributed by atoms with Crippen molar-refractivity contribution < 1.29 is 4.39 Å². The molecule has 1 unspecified atom stereocenters. The van der Waals surface area contributed by atoms with Crippen LogP contribution < -0.4 is 5.73 Å². The van der Waals surface area contributed by atoms with Gasteiger partial charge in [-0.05, 0) is 37.1 Å². The lowest BCUT2D eigenvalue weighted by molar-refractivity contribution is 0.201. The molecule has 1 saturated heterocycles. The van der Waals surface area contributed by atoms with Crippen molar-refractivity contribution in [3.8, 4) is 6.07 Å². The fraction of sp³-hybridized carbons (Fsp3) is 0.462. The van der Waals surface area contributed by atoms with Crippen molar-refractivity contribution >= 4 is 0 Å². The maximum atomic E-state index is 13.2. The molecule has 2 rings (SSSR count). The normalized spacial score (nSPS) is 21.1. The van der Waals surface area contributed by atoms with Gasteiger partial charge in [0.05, 0.1) is 5.56 Å². The molecule has 0 radical (unpaired) electrons. The third-order valence-electron chi connectivity index (χ3n) is 3.10. The van der Waals surface area contributed by atoms with Crippen molar-refractivity contribution in [3.63, 3.8) is 0 Å². The van der Waals surface area contributed by atoms with Crippen LogP contribution >= 0.6 is 0 Å². The van der Waals surface area contributed by atoms with Crippen molar-refractivity contribution in [2.75, 3.05) is 13.1 Å². The number of nitriles is 1. The Morgan fingerprint density at radius 2 is 2.35 bits per heavy atom. The number of nitrogens with zero attached hydrogens (tertiary/aromatic N) is 2. The maximum Gasteiger partial charge on any atom is 0.140 e. The monoisotopic (exact) mass is 233 g/mol. The Bertz CT molecular complexity index is 439. The van der Waals surface area contributed by atoms with E-state index in [4.69, 9.17) is 11.0 Å². The van der Waals surface area contributed by atoms with Crippen LogP contribution in [0.15, 0.2) is 18.2 Å². The Labute approximate surface area is 101 Å². The average Bonchev–Trinajstić information content (AvgIpc) is 2.32. The van der Waals surface area contributed by atoms with E-state index in [2.05, 4.69) is 4.90 Å². The summed E-state index contributed by atoms with van der Waals surface area (Å²) >= 11 is 0. The molecular formula is C13H16FN3. The third-order valence-corrected chi connectivity index (χ3v) is 3.10. The first kappa shape index (κ1) is 12.0. The first-order valence-electron chi connectivity index (χ1n) is 5.85. The molecule has 2 N–H and O–H groups in total. The molecule has 90 valence electrons. The van der Waals surface area contributed by atoms with Crippen LogP contribution in [-0.2, 0) is 6.54 Å². The summed E-state index contributed by atoms with van der Waals surface area (Å²) < 4.78 is 13.2. The summed E-state index contributed by atoms with van der Waals surface area (Å²) in [6.07, 6.45) is 2.18. The van der Waals surface area contributed by atoms with Gasteiger partial charge in [0.1, 0.15) is 11.9 Å². The molecule has 0 aromatic heterocycles. The smallest absolute Gasteiger partial charge is 0.140 e. The SMILES string of the molecule is N#Cc1cc(CN2CCCC(N)C2)ccc1F. The summed E-state index contributed by atoms with van der Waals surface area (Å²) in [5.41, 5.74) is 6.99. The van der Waals surface area contributed by atoms with Crippen LogP contribution in [0, 0.1) is 17.1 Å². The van der Waals surface area contributed by atoms with E-state index in [0.717, 1.165) is 38.0 Å². The molecule has 1 atom stereocenters. The molecule has 1 aromatic carbocycles. The van der Waals surface area contributed by atoms with Crippen LogP contribution in [0.4, 0.5) is 4.39 Å². The van der Waals surface area contributed by atoms with Crippen LogP contribution in [0.3, 0.4) is 0 Å². The van der Waals surface area contributed by atoms with Gasteiger partial charge in [0.25, 0.3) is 0 Å². The van der Waals surface area contributed by atoms with Crippen LogP contribution in [0.2, 0.25) is 0 Å². The lowest BCUT2D eigenvalue weighted by Crippen LogP contribution is -2.42. The van der Waals surface area contributed by atoms with E-state index >= 15 is 0 Å². The summed E-state index contributed by atoms with van der Waals surface area (Å²) in [5, 5.41) is 8.77. The second kappa shape index (κ2) is 5.26. The molecule has 3 nitrogen and oxygen atoms in total. The van der Waals surface area contributed by atoms with Gasteiger partial charge in [-0.1, -0.05) is 6.07 Å². The molecule has 0 spiro atoms. The maximum absolute atomic E-state index is 13.2. The van der Waals surface area contributed by atoms with E-state index in [1.54, 1.807) is 12.1 Å². The number of hydrogen-bond acceptors (Lipinski definition) is 3. The Morgan fingerprint density at radius 3 is 3.06 bits per heavy atom. The zero-order chi connectivity index (χ0) is 12.3. The Hall–Kier alpha value is -1.44. The first-order chi connectivity index (χ1) is 8.19. The minimum Gasteiger partial charge on any atom is -0.327 e. The van der Waals surface area contributed by atoms with Crippen molar-refractivity contribution in [1.82, 2.24) is 4.90 Å². The molecule has 1 aromatic rings. The van der Waals surface area contributed by atoms with Gasteiger partial charge in [0, 0.05) is 19.1 Å². The van der Waals surface area contributed by atoms with Crippen LogP contribution in [-0.4, -0.2) is 24.0 Å². The minimum atomic E-state index is -0.452. The van der Waals surface area contributed by atoms with Crippen molar-refractivity contribution in [2.24, 2.45) is 5.73 Å². The molecule has 1 heterocycles. The molecule has 0 amide bonds. The van der Waals surface area contributed by atoms with Gasteiger partial charge < -0.3 is 5.73 Å². The molecule has 0 saturated carbocycles. The van der Waals surface area contributed by atoms with E-state index in [0.29, 0.717) is 0 Å². The van der Waals surface area contributed by atoms with E-state index < -0.39 is 5.82 Å². The number of rotatable bonds is 2. The standard InChI is InChI=1S/C13H16FN3/c14-13-4-3-10(6-11(13)7-15)8-17-5-1-2-12(16)9-17/h3-4,6,12H,1-2,5,8-9,16H2. The summed E-state index contributed by atoms with van der Waals surface area (Å²) in [6, 6.07) is 6.81. The topological polar surface area (TPSA) is 53.0 Å². The van der Waals surface area contributed by atoms with Crippen LogP contribution in [0.5, 0.6) is 0 Å². The van der Waals surface area contributed by atoms with E-state index in [-0.39, 0.29) is 11.6 Å². The molecule has 1 aliphatic rings. The number of hydrogen-bond donors (Lipinski definition) is 1. The summed E-state index contributed by atoms with van der Waals surface area (Å²) in [6.45, 7) is 2.63. The Kier molecular flexibility index (Phi) is 3.72. The Morgan fingerprint density at radius 1 is 1.53 bits per heavy atom. The third kappa shape index (κ3) is 3.02. The van der Waals surface area contributed by atoms with Gasteiger partial charge in [0.15, 0.2) is 0 Å². The fourth-order valence-corrected chi connectivity index (χ4v) is 2.25. The van der Waals surface area contributed by atoms with Crippen molar-refractivity contribution in [1.29, 1.82) is 5.26 Å².